The molecular formula is C18H11N3O3. The Bertz CT molecular complexity index is 1160. The first kappa shape index (κ1) is 14.1. The van der Waals surface area contributed by atoms with E-state index in [4.69, 9.17) is 0 Å². The van der Waals surface area contributed by atoms with Crippen molar-refractivity contribution in [1.82, 2.24) is 9.97 Å². The smallest absolute Gasteiger partial charge is 0.270 e. The van der Waals surface area contributed by atoms with Gasteiger partial charge in [-0.25, -0.2) is 4.98 Å². The van der Waals surface area contributed by atoms with Gasteiger partial charge in [0.25, 0.3) is 11.2 Å². The molecule has 116 valence electrons. The van der Waals surface area contributed by atoms with Crippen molar-refractivity contribution in [3.05, 3.63) is 81.1 Å². The molecule has 4 rings (SSSR count). The van der Waals surface area contributed by atoms with Crippen molar-refractivity contribution in [1.29, 1.82) is 0 Å². The van der Waals surface area contributed by atoms with E-state index in [-0.39, 0.29) is 11.1 Å². The summed E-state index contributed by atoms with van der Waals surface area (Å²) in [5.74, 6) is 0.443. The number of nitro groups is 1. The number of nitrogens with zero attached hydrogens (tertiary/aromatic N) is 2. The van der Waals surface area contributed by atoms with Crippen molar-refractivity contribution in [2.45, 2.75) is 0 Å². The van der Waals surface area contributed by atoms with Crippen LogP contribution in [0.25, 0.3) is 33.1 Å². The van der Waals surface area contributed by atoms with Crippen LogP contribution >= 0.6 is 0 Å². The number of benzene rings is 3. The van der Waals surface area contributed by atoms with Gasteiger partial charge >= 0.3 is 0 Å². The van der Waals surface area contributed by atoms with Crippen LogP contribution in [0.1, 0.15) is 0 Å². The molecule has 0 radical (unpaired) electrons. The normalized spacial score (nSPS) is 11.0. The van der Waals surface area contributed by atoms with Gasteiger partial charge < -0.3 is 4.98 Å². The zero-order chi connectivity index (χ0) is 16.7. The van der Waals surface area contributed by atoms with Crippen LogP contribution in [-0.2, 0) is 0 Å². The summed E-state index contributed by atoms with van der Waals surface area (Å²) >= 11 is 0. The second-order valence-electron chi connectivity index (χ2n) is 5.40. The Labute approximate surface area is 135 Å². The molecular weight excluding hydrogens is 306 g/mol. The van der Waals surface area contributed by atoms with Crippen LogP contribution in [0.4, 0.5) is 5.69 Å². The van der Waals surface area contributed by atoms with E-state index in [9.17, 15) is 14.9 Å². The number of H-pyrrole nitrogens is 1. The van der Waals surface area contributed by atoms with Gasteiger partial charge in [0.15, 0.2) is 0 Å². The van der Waals surface area contributed by atoms with Gasteiger partial charge in [0.2, 0.25) is 0 Å². The van der Waals surface area contributed by atoms with E-state index in [0.29, 0.717) is 11.3 Å². The van der Waals surface area contributed by atoms with Crippen molar-refractivity contribution in [2.75, 3.05) is 0 Å². The molecule has 1 aromatic heterocycles. The maximum atomic E-state index is 12.4. The topological polar surface area (TPSA) is 88.9 Å². The second kappa shape index (κ2) is 5.27. The summed E-state index contributed by atoms with van der Waals surface area (Å²) < 4.78 is 0. The van der Waals surface area contributed by atoms with Crippen molar-refractivity contribution < 1.29 is 4.92 Å². The fourth-order valence-electron chi connectivity index (χ4n) is 2.80. The fourth-order valence-corrected chi connectivity index (χ4v) is 2.80. The van der Waals surface area contributed by atoms with Crippen LogP contribution in [-0.4, -0.2) is 14.9 Å². The minimum absolute atomic E-state index is 0.132. The van der Waals surface area contributed by atoms with Crippen LogP contribution in [0.2, 0.25) is 0 Å². The number of nitro benzene ring substituents is 1. The molecule has 3 aromatic carbocycles. The summed E-state index contributed by atoms with van der Waals surface area (Å²) in [5.41, 5.74) is 0.706. The molecule has 6 heteroatoms. The van der Waals surface area contributed by atoms with Crippen LogP contribution in [0.15, 0.2) is 65.5 Å². The number of aromatic nitrogens is 2. The Balaban J connectivity index is 1.99. The molecule has 6 nitrogen and oxygen atoms in total. The summed E-state index contributed by atoms with van der Waals surface area (Å²) in [6, 6.07) is 17.7. The lowest BCUT2D eigenvalue weighted by Crippen LogP contribution is -2.10. The van der Waals surface area contributed by atoms with E-state index in [1.165, 1.54) is 18.2 Å². The largest absolute Gasteiger partial charge is 0.306 e. The van der Waals surface area contributed by atoms with E-state index < -0.39 is 10.5 Å². The molecule has 0 aliphatic carbocycles. The molecule has 0 aliphatic rings. The SMILES string of the molecule is O=c1[nH]c(-c2cccc3ccccc23)nc2ccc([N+](=O)[O-])cc12. The minimum atomic E-state index is -0.530. The lowest BCUT2D eigenvalue weighted by molar-refractivity contribution is -0.384. The third-order valence-corrected chi connectivity index (χ3v) is 3.94. The predicted octanol–water partition coefficient (Wildman–Crippen LogP) is 3.65. The summed E-state index contributed by atoms with van der Waals surface area (Å²) in [5, 5.41) is 13.1. The van der Waals surface area contributed by atoms with Crippen LogP contribution in [0.5, 0.6) is 0 Å². The first-order valence-corrected chi connectivity index (χ1v) is 7.30. The Morgan fingerprint density at radius 2 is 1.75 bits per heavy atom. The molecule has 0 bridgehead atoms. The molecule has 1 heterocycles. The summed E-state index contributed by atoms with van der Waals surface area (Å²) in [7, 11) is 0. The van der Waals surface area contributed by atoms with Gasteiger partial charge in [-0.15, -0.1) is 0 Å². The lowest BCUT2D eigenvalue weighted by atomic mass is 10.0. The van der Waals surface area contributed by atoms with Gasteiger partial charge in [0, 0.05) is 17.7 Å². The summed E-state index contributed by atoms with van der Waals surface area (Å²) in [6.07, 6.45) is 0. The molecule has 1 N–H and O–H groups in total. The number of hydrogen-bond donors (Lipinski definition) is 1. The average Bonchev–Trinajstić information content (AvgIpc) is 2.60. The molecule has 0 unspecified atom stereocenters. The van der Waals surface area contributed by atoms with E-state index in [1.54, 1.807) is 0 Å². The average molecular weight is 317 g/mol. The first-order chi connectivity index (χ1) is 11.6. The van der Waals surface area contributed by atoms with Crippen molar-refractivity contribution in [3.8, 4) is 11.4 Å². The zero-order valence-corrected chi connectivity index (χ0v) is 12.4. The molecule has 4 aromatic rings. The highest BCUT2D eigenvalue weighted by molar-refractivity contribution is 5.95. The lowest BCUT2D eigenvalue weighted by Gasteiger charge is -2.07. The van der Waals surface area contributed by atoms with Gasteiger partial charge in [-0.05, 0) is 16.8 Å². The van der Waals surface area contributed by atoms with Gasteiger partial charge in [-0.3, -0.25) is 14.9 Å². The van der Waals surface area contributed by atoms with Crippen molar-refractivity contribution >= 4 is 27.4 Å². The standard InChI is InChI=1S/C18H11N3O3/c22-18-15-10-12(21(23)24)8-9-16(15)19-17(20-18)14-7-3-5-11-4-1-2-6-13(11)14/h1-10H,(H,19,20,22). The highest BCUT2D eigenvalue weighted by atomic mass is 16.6. The number of nitrogens with one attached hydrogen (secondary N) is 1. The van der Waals surface area contributed by atoms with Gasteiger partial charge in [-0.2, -0.15) is 0 Å². The zero-order valence-electron chi connectivity index (χ0n) is 12.4. The van der Waals surface area contributed by atoms with Crippen LogP contribution < -0.4 is 5.56 Å². The van der Waals surface area contributed by atoms with E-state index >= 15 is 0 Å². The van der Waals surface area contributed by atoms with E-state index in [1.807, 2.05) is 42.5 Å². The molecule has 0 saturated carbocycles. The molecule has 0 atom stereocenters. The summed E-state index contributed by atoms with van der Waals surface area (Å²) in [6.45, 7) is 0. The number of non-ortho nitro benzene ring substituents is 1. The van der Waals surface area contributed by atoms with E-state index in [2.05, 4.69) is 9.97 Å². The van der Waals surface area contributed by atoms with Gasteiger partial charge in [0.1, 0.15) is 5.82 Å². The Kier molecular flexibility index (Phi) is 3.09. The molecule has 0 amide bonds. The molecule has 0 aliphatic heterocycles. The third-order valence-electron chi connectivity index (χ3n) is 3.94. The van der Waals surface area contributed by atoms with Gasteiger partial charge in [0.05, 0.1) is 15.8 Å². The predicted molar refractivity (Wildman–Crippen MR) is 92.0 cm³/mol. The quantitative estimate of drug-likeness (QED) is 0.451. The Morgan fingerprint density at radius 3 is 2.58 bits per heavy atom. The molecule has 24 heavy (non-hydrogen) atoms. The number of rotatable bonds is 2. The number of hydrogen-bond acceptors (Lipinski definition) is 4. The maximum absolute atomic E-state index is 12.4. The van der Waals surface area contributed by atoms with Crippen LogP contribution in [0.3, 0.4) is 0 Å². The Hall–Kier alpha value is -3.54. The van der Waals surface area contributed by atoms with Crippen LogP contribution in [0, 0.1) is 10.1 Å². The van der Waals surface area contributed by atoms with Gasteiger partial charge in [-0.1, -0.05) is 42.5 Å². The molecule has 0 saturated heterocycles. The van der Waals surface area contributed by atoms with Crippen molar-refractivity contribution in [2.24, 2.45) is 0 Å². The maximum Gasteiger partial charge on any atom is 0.270 e. The highest BCUT2D eigenvalue weighted by Crippen LogP contribution is 2.26. The highest BCUT2D eigenvalue weighted by Gasteiger charge is 2.12. The molecule has 0 fully saturated rings. The Morgan fingerprint density at radius 1 is 0.958 bits per heavy atom. The monoisotopic (exact) mass is 317 g/mol. The minimum Gasteiger partial charge on any atom is -0.306 e. The number of fused-ring (bicyclic) bond motifs is 2. The summed E-state index contributed by atoms with van der Waals surface area (Å²) in [4.78, 5) is 29.9. The number of aromatic amines is 1. The molecule has 0 spiro atoms. The second-order valence-corrected chi connectivity index (χ2v) is 5.40. The third kappa shape index (κ3) is 2.21. The fraction of sp³-hybridized carbons (Fsp3) is 0. The van der Waals surface area contributed by atoms with Crippen molar-refractivity contribution in [3.63, 3.8) is 0 Å². The van der Waals surface area contributed by atoms with E-state index in [0.717, 1.165) is 16.3 Å². The first-order valence-electron chi connectivity index (χ1n) is 7.30.